The van der Waals surface area contributed by atoms with Gasteiger partial charge in [-0.25, -0.2) is 0 Å². The number of nitrogens with one attached hydrogen (secondary N) is 1. The molecule has 0 aliphatic carbocycles. The van der Waals surface area contributed by atoms with Crippen molar-refractivity contribution in [3.8, 4) is 0 Å². The van der Waals surface area contributed by atoms with Crippen LogP contribution >= 0.6 is 11.3 Å². The van der Waals surface area contributed by atoms with Crippen LogP contribution in [0.2, 0.25) is 0 Å². The third-order valence-electron chi connectivity index (χ3n) is 3.06. The van der Waals surface area contributed by atoms with Crippen LogP contribution < -0.4 is 5.32 Å². The fourth-order valence-corrected chi connectivity index (χ4v) is 2.62. The molecule has 0 aliphatic heterocycles. The lowest BCUT2D eigenvalue weighted by molar-refractivity contribution is 0.139. The summed E-state index contributed by atoms with van der Waals surface area (Å²) >= 11 is 1.59. The zero-order valence-electron chi connectivity index (χ0n) is 10.8. The number of thiophene rings is 1. The van der Waals surface area contributed by atoms with Crippen molar-refractivity contribution in [2.24, 2.45) is 0 Å². The van der Waals surface area contributed by atoms with Crippen LogP contribution in [0.25, 0.3) is 0 Å². The zero-order chi connectivity index (χ0) is 13.0. The van der Waals surface area contributed by atoms with Crippen LogP contribution in [0.4, 0.5) is 0 Å². The van der Waals surface area contributed by atoms with E-state index in [-0.39, 0.29) is 6.04 Å². The van der Waals surface area contributed by atoms with Crippen LogP contribution in [0.3, 0.4) is 0 Å². The molecule has 0 spiro atoms. The Morgan fingerprint density at radius 1 is 1.22 bits per heavy atom. The maximum Gasteiger partial charge on any atom is 0.103 e. The average Bonchev–Trinajstić information content (AvgIpc) is 2.90. The van der Waals surface area contributed by atoms with Gasteiger partial charge < -0.3 is 10.4 Å². The monoisotopic (exact) mass is 261 g/mol. The van der Waals surface area contributed by atoms with E-state index in [0.717, 1.165) is 11.4 Å². The minimum absolute atomic E-state index is 0.0463. The summed E-state index contributed by atoms with van der Waals surface area (Å²) in [5.74, 6) is 0. The lowest BCUT2D eigenvalue weighted by Gasteiger charge is -2.19. The van der Waals surface area contributed by atoms with Gasteiger partial charge in [0.1, 0.15) is 6.10 Å². The second-order valence-electron chi connectivity index (χ2n) is 4.62. The topological polar surface area (TPSA) is 32.3 Å². The third-order valence-corrected chi connectivity index (χ3v) is 4.00. The molecule has 0 amide bonds. The molecule has 3 heteroatoms. The van der Waals surface area contributed by atoms with Gasteiger partial charge in [-0.3, -0.25) is 0 Å². The van der Waals surface area contributed by atoms with Crippen LogP contribution in [0.15, 0.2) is 41.8 Å². The minimum Gasteiger partial charge on any atom is -0.386 e. The smallest absolute Gasteiger partial charge is 0.103 e. The quantitative estimate of drug-likeness (QED) is 0.866. The van der Waals surface area contributed by atoms with Gasteiger partial charge in [-0.2, -0.15) is 0 Å². The Bertz CT molecular complexity index is 464. The number of rotatable bonds is 5. The highest BCUT2D eigenvalue weighted by atomic mass is 32.1. The summed E-state index contributed by atoms with van der Waals surface area (Å²) in [5.41, 5.74) is 2.51. The van der Waals surface area contributed by atoms with Gasteiger partial charge >= 0.3 is 0 Å². The van der Waals surface area contributed by atoms with E-state index < -0.39 is 6.10 Å². The predicted octanol–water partition coefficient (Wildman–Crippen LogP) is 3.27. The van der Waals surface area contributed by atoms with E-state index in [4.69, 9.17) is 0 Å². The summed E-state index contributed by atoms with van der Waals surface area (Å²) in [4.78, 5) is 1.01. The van der Waals surface area contributed by atoms with Crippen molar-refractivity contribution in [3.63, 3.8) is 0 Å². The summed E-state index contributed by atoms with van der Waals surface area (Å²) in [5, 5.41) is 15.5. The van der Waals surface area contributed by atoms with Gasteiger partial charge in [0, 0.05) is 17.5 Å². The number of benzene rings is 1. The predicted molar refractivity (Wildman–Crippen MR) is 76.8 cm³/mol. The third kappa shape index (κ3) is 3.42. The van der Waals surface area contributed by atoms with Crippen molar-refractivity contribution in [2.75, 3.05) is 0 Å². The zero-order valence-corrected chi connectivity index (χ0v) is 11.6. The summed E-state index contributed by atoms with van der Waals surface area (Å²) < 4.78 is 0. The lowest BCUT2D eigenvalue weighted by Crippen LogP contribution is -2.31. The average molecular weight is 261 g/mol. The van der Waals surface area contributed by atoms with Crippen LogP contribution in [0, 0.1) is 6.92 Å². The van der Waals surface area contributed by atoms with Gasteiger partial charge in [0.15, 0.2) is 0 Å². The second-order valence-corrected chi connectivity index (χ2v) is 5.59. The van der Waals surface area contributed by atoms with Crippen LogP contribution in [0.5, 0.6) is 0 Å². The second kappa shape index (κ2) is 6.14. The van der Waals surface area contributed by atoms with Gasteiger partial charge in [0.25, 0.3) is 0 Å². The molecule has 1 aromatic heterocycles. The number of hydrogen-bond acceptors (Lipinski definition) is 3. The van der Waals surface area contributed by atoms with E-state index in [0.29, 0.717) is 0 Å². The Morgan fingerprint density at radius 2 is 1.94 bits per heavy atom. The molecule has 0 fully saturated rings. The first-order chi connectivity index (χ1) is 8.66. The molecule has 0 bridgehead atoms. The van der Waals surface area contributed by atoms with E-state index in [1.54, 1.807) is 11.3 Å². The molecule has 96 valence electrons. The number of aliphatic hydroxyl groups is 1. The summed E-state index contributed by atoms with van der Waals surface area (Å²) in [6.07, 6.45) is -0.435. The van der Waals surface area contributed by atoms with E-state index >= 15 is 0 Å². The molecule has 1 aromatic carbocycles. The molecular formula is C15H19NOS. The van der Waals surface area contributed by atoms with Crippen molar-refractivity contribution in [1.82, 2.24) is 5.32 Å². The Labute approximate surface area is 112 Å². The van der Waals surface area contributed by atoms with Crippen molar-refractivity contribution in [1.29, 1.82) is 0 Å². The first-order valence-electron chi connectivity index (χ1n) is 6.17. The first kappa shape index (κ1) is 13.3. The van der Waals surface area contributed by atoms with Crippen LogP contribution in [-0.2, 0) is 6.54 Å². The molecule has 0 saturated carbocycles. The Morgan fingerprint density at radius 3 is 2.56 bits per heavy atom. The molecular weight excluding hydrogens is 242 g/mol. The molecule has 2 N–H and O–H groups in total. The highest BCUT2D eigenvalue weighted by Gasteiger charge is 2.16. The van der Waals surface area contributed by atoms with E-state index in [9.17, 15) is 5.11 Å². The molecule has 2 nitrogen and oxygen atoms in total. The maximum absolute atomic E-state index is 10.1. The standard InChI is InChI=1S/C15H19NOS/c1-11-5-7-13(8-6-11)10-16-12(2)15(17)14-4-3-9-18-14/h3-9,12,15-17H,10H2,1-2H3. The molecule has 2 rings (SSSR count). The summed E-state index contributed by atoms with van der Waals surface area (Å²) in [7, 11) is 0. The SMILES string of the molecule is Cc1ccc(CNC(C)C(O)c2cccs2)cc1. The molecule has 2 aromatic rings. The molecule has 0 aliphatic rings. The molecule has 0 radical (unpaired) electrons. The van der Waals surface area contributed by atoms with E-state index in [1.807, 2.05) is 24.4 Å². The molecule has 2 atom stereocenters. The van der Waals surface area contributed by atoms with Crippen molar-refractivity contribution in [2.45, 2.75) is 32.5 Å². The number of aliphatic hydroxyl groups excluding tert-OH is 1. The van der Waals surface area contributed by atoms with Gasteiger partial charge in [0.05, 0.1) is 0 Å². The molecule has 18 heavy (non-hydrogen) atoms. The highest BCUT2D eigenvalue weighted by molar-refractivity contribution is 7.10. The first-order valence-corrected chi connectivity index (χ1v) is 7.05. The minimum atomic E-state index is -0.435. The van der Waals surface area contributed by atoms with Crippen molar-refractivity contribution in [3.05, 3.63) is 57.8 Å². The van der Waals surface area contributed by atoms with Gasteiger partial charge in [-0.05, 0) is 30.9 Å². The van der Waals surface area contributed by atoms with Gasteiger partial charge in [-0.1, -0.05) is 35.9 Å². The Balaban J connectivity index is 1.88. The van der Waals surface area contributed by atoms with Crippen molar-refractivity contribution < 1.29 is 5.11 Å². The number of aryl methyl sites for hydroxylation is 1. The fourth-order valence-electron chi connectivity index (χ4n) is 1.80. The molecule has 1 heterocycles. The van der Waals surface area contributed by atoms with E-state index in [1.165, 1.54) is 11.1 Å². The largest absolute Gasteiger partial charge is 0.386 e. The van der Waals surface area contributed by atoms with Gasteiger partial charge in [0.2, 0.25) is 0 Å². The number of hydrogen-bond donors (Lipinski definition) is 2. The fraction of sp³-hybridized carbons (Fsp3) is 0.333. The lowest BCUT2D eigenvalue weighted by atomic mass is 10.1. The highest BCUT2D eigenvalue weighted by Crippen LogP contribution is 2.21. The Kier molecular flexibility index (Phi) is 4.53. The van der Waals surface area contributed by atoms with Crippen LogP contribution in [0.1, 0.15) is 29.0 Å². The van der Waals surface area contributed by atoms with Crippen LogP contribution in [-0.4, -0.2) is 11.1 Å². The molecule has 0 saturated heterocycles. The van der Waals surface area contributed by atoms with E-state index in [2.05, 4.69) is 36.5 Å². The normalized spacial score (nSPS) is 14.4. The summed E-state index contributed by atoms with van der Waals surface area (Å²) in [6, 6.07) is 12.4. The summed E-state index contributed by atoms with van der Waals surface area (Å²) in [6.45, 7) is 4.88. The molecule has 2 unspecified atom stereocenters. The maximum atomic E-state index is 10.1. The van der Waals surface area contributed by atoms with Gasteiger partial charge in [-0.15, -0.1) is 11.3 Å². The van der Waals surface area contributed by atoms with Crippen molar-refractivity contribution >= 4 is 11.3 Å². The Hall–Kier alpha value is -1.16.